The number of hydrogen-bond acceptors (Lipinski definition) is 1. The second-order valence-electron chi connectivity index (χ2n) is 4.58. The van der Waals surface area contributed by atoms with Crippen LogP contribution in [0, 0.1) is 0 Å². The highest BCUT2D eigenvalue weighted by Gasteiger charge is 2.32. The van der Waals surface area contributed by atoms with Crippen LogP contribution >= 0.6 is 0 Å². The standard InChI is InChI=1S/C14H18N2.ClH/c1-2-16-13-6-4-3-5-11(13)12-7-9-15-10-8-14(12)16;/h3-6,15H,2,7-10H2,1H3;1H. The van der Waals surface area contributed by atoms with Crippen LogP contribution < -0.4 is 22.6 Å². The average molecular weight is 251 g/mol. The highest BCUT2D eigenvalue weighted by atomic mass is 35.5. The molecule has 3 heteroatoms. The molecule has 1 aromatic carbocycles. The molecule has 2 aliphatic heterocycles. The van der Waals surface area contributed by atoms with E-state index in [1.54, 1.807) is 16.2 Å². The molecule has 2 N–H and O–H groups in total. The van der Waals surface area contributed by atoms with Gasteiger partial charge in [-0.3, -0.25) is 4.90 Å². The van der Waals surface area contributed by atoms with Crippen molar-refractivity contribution in [3.05, 3.63) is 35.5 Å². The maximum absolute atomic E-state index is 3.50. The summed E-state index contributed by atoms with van der Waals surface area (Å²) in [6, 6.07) is 8.91. The van der Waals surface area contributed by atoms with Crippen molar-refractivity contribution in [2.75, 3.05) is 19.6 Å². The van der Waals surface area contributed by atoms with Crippen LogP contribution in [0.5, 0.6) is 0 Å². The minimum Gasteiger partial charge on any atom is -1.00 e. The minimum atomic E-state index is 0. The number of hydrogen-bond donors (Lipinski definition) is 2. The van der Waals surface area contributed by atoms with E-state index < -0.39 is 0 Å². The summed E-state index contributed by atoms with van der Waals surface area (Å²) >= 11 is 0. The molecule has 0 bridgehead atoms. The van der Waals surface area contributed by atoms with Crippen molar-refractivity contribution >= 4 is 11.3 Å². The molecule has 1 aromatic rings. The first kappa shape index (κ1) is 12.6. The number of quaternary nitrogens is 1. The second-order valence-corrected chi connectivity index (χ2v) is 4.58. The number of para-hydroxylation sites is 1. The Morgan fingerprint density at radius 3 is 2.76 bits per heavy atom. The Balaban J connectivity index is 0.00000108. The fraction of sp³-hybridized carbons (Fsp3) is 0.429. The van der Waals surface area contributed by atoms with Gasteiger partial charge in [0.15, 0.2) is 0 Å². The van der Waals surface area contributed by atoms with Gasteiger partial charge in [0, 0.05) is 30.2 Å². The van der Waals surface area contributed by atoms with Crippen LogP contribution in [0.3, 0.4) is 0 Å². The van der Waals surface area contributed by atoms with Gasteiger partial charge in [-0.15, -0.1) is 0 Å². The molecule has 0 spiro atoms. The lowest BCUT2D eigenvalue weighted by molar-refractivity contribution is -0.786. The van der Waals surface area contributed by atoms with Crippen molar-refractivity contribution in [1.82, 2.24) is 5.32 Å². The minimum absolute atomic E-state index is 0. The van der Waals surface area contributed by atoms with E-state index in [0.717, 1.165) is 19.6 Å². The van der Waals surface area contributed by atoms with Crippen LogP contribution in [-0.2, 0) is 0 Å². The molecule has 0 aliphatic carbocycles. The summed E-state index contributed by atoms with van der Waals surface area (Å²) in [5.41, 5.74) is 6.24. The van der Waals surface area contributed by atoms with E-state index in [-0.39, 0.29) is 12.4 Å². The van der Waals surface area contributed by atoms with Gasteiger partial charge in [-0.2, -0.15) is 0 Å². The molecule has 0 fully saturated rings. The summed E-state index contributed by atoms with van der Waals surface area (Å²) < 4.78 is 0. The first-order chi connectivity index (χ1) is 7.92. The molecule has 2 aliphatic rings. The van der Waals surface area contributed by atoms with Crippen molar-refractivity contribution in [1.29, 1.82) is 0 Å². The van der Waals surface area contributed by atoms with Crippen LogP contribution in [0.2, 0.25) is 0 Å². The van der Waals surface area contributed by atoms with Crippen LogP contribution in [0.1, 0.15) is 25.3 Å². The summed E-state index contributed by atoms with van der Waals surface area (Å²) in [6.45, 7) is 5.71. The van der Waals surface area contributed by atoms with Crippen molar-refractivity contribution in [3.63, 3.8) is 0 Å². The molecule has 3 rings (SSSR count). The van der Waals surface area contributed by atoms with E-state index >= 15 is 0 Å². The fourth-order valence-electron chi connectivity index (χ4n) is 3.06. The zero-order valence-electron chi connectivity index (χ0n) is 10.2. The Hall–Kier alpha value is -0.830. The molecule has 1 atom stereocenters. The second kappa shape index (κ2) is 5.21. The largest absolute Gasteiger partial charge is 1.00 e. The predicted molar refractivity (Wildman–Crippen MR) is 66.6 cm³/mol. The Morgan fingerprint density at radius 1 is 1.18 bits per heavy atom. The number of fused-ring (bicyclic) bond motifs is 2. The molecule has 17 heavy (non-hydrogen) atoms. The molecule has 2 nitrogen and oxygen atoms in total. The molecule has 0 saturated heterocycles. The van der Waals surface area contributed by atoms with Crippen molar-refractivity contribution in [2.24, 2.45) is 0 Å². The SMILES string of the molecule is CC[NH+]1C2=C(CCNCC2)c2ccccc21.[Cl-]. The quantitative estimate of drug-likeness (QED) is 0.610. The smallest absolute Gasteiger partial charge is 0.143 e. The van der Waals surface area contributed by atoms with Crippen LogP contribution in [0.4, 0.5) is 5.69 Å². The Kier molecular flexibility index (Phi) is 3.87. The van der Waals surface area contributed by atoms with E-state index in [0.29, 0.717) is 0 Å². The lowest BCUT2D eigenvalue weighted by atomic mass is 10.0. The highest BCUT2D eigenvalue weighted by molar-refractivity contribution is 5.77. The zero-order valence-corrected chi connectivity index (χ0v) is 11.0. The summed E-state index contributed by atoms with van der Waals surface area (Å²) in [4.78, 5) is 1.59. The zero-order chi connectivity index (χ0) is 11.0. The molecular weight excluding hydrogens is 232 g/mol. The van der Waals surface area contributed by atoms with E-state index in [1.807, 2.05) is 0 Å². The Bertz CT molecular complexity index is 440. The maximum atomic E-state index is 3.50. The number of benzene rings is 1. The third kappa shape index (κ3) is 2.01. The highest BCUT2D eigenvalue weighted by Crippen LogP contribution is 2.32. The molecule has 0 amide bonds. The topological polar surface area (TPSA) is 16.5 Å². The van der Waals surface area contributed by atoms with E-state index in [9.17, 15) is 0 Å². The van der Waals surface area contributed by atoms with Gasteiger partial charge in [0.2, 0.25) is 0 Å². The Morgan fingerprint density at radius 2 is 1.94 bits per heavy atom. The third-order valence-corrected chi connectivity index (χ3v) is 3.76. The predicted octanol–water partition coefficient (Wildman–Crippen LogP) is -1.66. The molecule has 0 aromatic heterocycles. The Labute approximate surface area is 109 Å². The number of rotatable bonds is 1. The summed E-state index contributed by atoms with van der Waals surface area (Å²) in [5, 5.41) is 3.50. The molecular formula is C14H19ClN2. The van der Waals surface area contributed by atoms with Gasteiger partial charge >= 0.3 is 0 Å². The van der Waals surface area contributed by atoms with Gasteiger partial charge in [-0.1, -0.05) is 12.1 Å². The van der Waals surface area contributed by atoms with Gasteiger partial charge in [0.05, 0.1) is 6.54 Å². The van der Waals surface area contributed by atoms with Gasteiger partial charge in [-0.25, -0.2) is 0 Å². The first-order valence-corrected chi connectivity index (χ1v) is 6.30. The van der Waals surface area contributed by atoms with Crippen LogP contribution in [0.15, 0.2) is 30.0 Å². The van der Waals surface area contributed by atoms with Crippen molar-refractivity contribution < 1.29 is 17.3 Å². The van der Waals surface area contributed by atoms with Gasteiger partial charge in [0.25, 0.3) is 0 Å². The average Bonchev–Trinajstić information content (AvgIpc) is 2.49. The number of halogens is 1. The molecule has 0 radical (unpaired) electrons. The molecule has 0 saturated carbocycles. The fourth-order valence-corrected chi connectivity index (χ4v) is 3.06. The molecule has 2 heterocycles. The van der Waals surface area contributed by atoms with Gasteiger partial charge < -0.3 is 17.7 Å². The van der Waals surface area contributed by atoms with Crippen molar-refractivity contribution in [3.8, 4) is 0 Å². The molecule has 1 unspecified atom stereocenters. The monoisotopic (exact) mass is 250 g/mol. The lowest BCUT2D eigenvalue weighted by Crippen LogP contribution is -3.04. The summed E-state index contributed by atoms with van der Waals surface area (Å²) in [6.07, 6.45) is 2.39. The maximum Gasteiger partial charge on any atom is 0.143 e. The summed E-state index contributed by atoms with van der Waals surface area (Å²) in [5.74, 6) is 0. The first-order valence-electron chi connectivity index (χ1n) is 6.30. The van der Waals surface area contributed by atoms with E-state index in [2.05, 4.69) is 36.5 Å². The van der Waals surface area contributed by atoms with E-state index in [1.165, 1.54) is 24.1 Å². The normalized spacial score (nSPS) is 22.5. The van der Waals surface area contributed by atoms with Gasteiger partial charge in [0.1, 0.15) is 11.4 Å². The molecule has 92 valence electrons. The lowest BCUT2D eigenvalue weighted by Gasteiger charge is -2.15. The van der Waals surface area contributed by atoms with Gasteiger partial charge in [-0.05, 0) is 26.0 Å². The van der Waals surface area contributed by atoms with Crippen LogP contribution in [-0.4, -0.2) is 19.6 Å². The van der Waals surface area contributed by atoms with E-state index in [4.69, 9.17) is 0 Å². The summed E-state index contributed by atoms with van der Waals surface area (Å²) in [7, 11) is 0. The third-order valence-electron chi connectivity index (χ3n) is 3.76. The number of nitrogens with one attached hydrogen (secondary N) is 2. The van der Waals surface area contributed by atoms with Crippen LogP contribution in [0.25, 0.3) is 5.57 Å². The van der Waals surface area contributed by atoms with Crippen molar-refractivity contribution in [2.45, 2.75) is 19.8 Å².